The van der Waals surface area contributed by atoms with Crippen molar-refractivity contribution in [1.29, 1.82) is 0 Å². The molecule has 0 bridgehead atoms. The molecule has 2 rings (SSSR count). The third-order valence-electron chi connectivity index (χ3n) is 4.38. The molecule has 0 aliphatic carbocycles. The number of carbonyl (C=O) groups excluding carboxylic acids is 1. The molecule has 1 aromatic heterocycles. The summed E-state index contributed by atoms with van der Waals surface area (Å²) in [5, 5.41) is 4.49. The van der Waals surface area contributed by atoms with Crippen molar-refractivity contribution in [3.63, 3.8) is 0 Å². The summed E-state index contributed by atoms with van der Waals surface area (Å²) >= 11 is 1.73. The maximum absolute atomic E-state index is 12.6. The van der Waals surface area contributed by atoms with Gasteiger partial charge in [0.05, 0.1) is 17.8 Å². The molecule has 1 amide bonds. The van der Waals surface area contributed by atoms with Crippen LogP contribution in [0, 0.1) is 13.8 Å². The van der Waals surface area contributed by atoms with E-state index in [2.05, 4.69) is 12.0 Å². The van der Waals surface area contributed by atoms with Crippen molar-refractivity contribution in [2.45, 2.75) is 45.2 Å². The molecule has 21 heavy (non-hydrogen) atoms. The largest absolute Gasteiger partial charge is 0.334 e. The first-order chi connectivity index (χ1) is 9.97. The molecule has 5 nitrogen and oxygen atoms in total. The molecule has 6 heteroatoms. The number of carbonyl (C=O) groups is 1. The third-order valence-corrected chi connectivity index (χ3v) is 5.03. The minimum absolute atomic E-state index is 0.0919. The van der Waals surface area contributed by atoms with Crippen LogP contribution < -0.4 is 5.73 Å². The molecule has 1 fully saturated rings. The van der Waals surface area contributed by atoms with Crippen LogP contribution in [-0.2, 0) is 11.8 Å². The van der Waals surface area contributed by atoms with Crippen LogP contribution in [0.2, 0.25) is 0 Å². The molecule has 0 radical (unpaired) electrons. The monoisotopic (exact) mass is 310 g/mol. The Kier molecular flexibility index (Phi) is 5.32. The Hall–Kier alpha value is -1.01. The van der Waals surface area contributed by atoms with Gasteiger partial charge in [-0.3, -0.25) is 9.48 Å². The molecule has 1 aromatic rings. The van der Waals surface area contributed by atoms with Gasteiger partial charge < -0.3 is 10.6 Å². The Bertz CT molecular complexity index is 514. The molecule has 0 unspecified atom stereocenters. The van der Waals surface area contributed by atoms with Gasteiger partial charge in [-0.2, -0.15) is 16.9 Å². The Morgan fingerprint density at radius 3 is 2.81 bits per heavy atom. The van der Waals surface area contributed by atoms with Gasteiger partial charge in [-0.25, -0.2) is 0 Å². The maximum atomic E-state index is 12.6. The summed E-state index contributed by atoms with van der Waals surface area (Å²) in [5.41, 5.74) is 9.46. The van der Waals surface area contributed by atoms with E-state index < -0.39 is 0 Å². The third kappa shape index (κ3) is 3.26. The molecule has 0 aromatic carbocycles. The number of likely N-dealkylation sites (tertiary alicyclic amines) is 1. The second-order valence-corrected chi connectivity index (χ2v) is 6.77. The fraction of sp³-hybridized carbons (Fsp3) is 0.733. The van der Waals surface area contributed by atoms with Crippen LogP contribution in [0.25, 0.3) is 0 Å². The molecular weight excluding hydrogens is 284 g/mol. The highest BCUT2D eigenvalue weighted by Gasteiger charge is 2.35. The Morgan fingerprint density at radius 2 is 2.24 bits per heavy atom. The fourth-order valence-corrected chi connectivity index (χ4v) is 3.67. The van der Waals surface area contributed by atoms with Crippen LogP contribution in [0.4, 0.5) is 0 Å². The molecule has 2 atom stereocenters. The average molecular weight is 310 g/mol. The quantitative estimate of drug-likeness (QED) is 0.900. The number of nitrogens with two attached hydrogens (primary N) is 1. The number of amides is 1. The molecule has 0 saturated carbocycles. The van der Waals surface area contributed by atoms with Gasteiger partial charge in [0.15, 0.2) is 0 Å². The fourth-order valence-electron chi connectivity index (χ4n) is 3.18. The second kappa shape index (κ2) is 6.83. The summed E-state index contributed by atoms with van der Waals surface area (Å²) in [5.74, 6) is 1.02. The zero-order valence-electron chi connectivity index (χ0n) is 13.4. The van der Waals surface area contributed by atoms with Crippen molar-refractivity contribution in [2.24, 2.45) is 12.8 Å². The number of aromatic nitrogens is 2. The van der Waals surface area contributed by atoms with Crippen LogP contribution in [0.1, 0.15) is 42.3 Å². The van der Waals surface area contributed by atoms with Gasteiger partial charge in [0.25, 0.3) is 0 Å². The van der Waals surface area contributed by atoms with Crippen molar-refractivity contribution in [2.75, 3.05) is 18.6 Å². The molecule has 1 aliphatic heterocycles. The lowest BCUT2D eigenvalue weighted by molar-refractivity contribution is -0.133. The van der Waals surface area contributed by atoms with E-state index >= 15 is 0 Å². The van der Waals surface area contributed by atoms with Crippen LogP contribution in [0.15, 0.2) is 0 Å². The lowest BCUT2D eigenvalue weighted by Crippen LogP contribution is -2.43. The zero-order chi connectivity index (χ0) is 15.6. The van der Waals surface area contributed by atoms with Crippen molar-refractivity contribution < 1.29 is 4.79 Å². The van der Waals surface area contributed by atoms with Gasteiger partial charge in [0.2, 0.25) is 5.91 Å². The van der Waals surface area contributed by atoms with E-state index in [1.165, 1.54) is 5.56 Å². The highest BCUT2D eigenvalue weighted by Crippen LogP contribution is 2.35. The highest BCUT2D eigenvalue weighted by atomic mass is 32.2. The topological polar surface area (TPSA) is 64.2 Å². The van der Waals surface area contributed by atoms with Gasteiger partial charge in [0.1, 0.15) is 0 Å². The molecule has 2 heterocycles. The molecule has 2 N–H and O–H groups in total. The van der Waals surface area contributed by atoms with Gasteiger partial charge in [-0.15, -0.1) is 0 Å². The van der Waals surface area contributed by atoms with Crippen molar-refractivity contribution >= 4 is 17.7 Å². The van der Waals surface area contributed by atoms with E-state index in [1.807, 2.05) is 29.8 Å². The number of aryl methyl sites for hydroxylation is 2. The molecule has 118 valence electrons. The maximum Gasteiger partial charge on any atom is 0.240 e. The lowest BCUT2D eigenvalue weighted by atomic mass is 10.0. The van der Waals surface area contributed by atoms with Crippen LogP contribution >= 0.6 is 11.8 Å². The number of rotatable bonds is 5. The Labute approximate surface area is 131 Å². The molecule has 1 saturated heterocycles. The van der Waals surface area contributed by atoms with Crippen LogP contribution in [0.5, 0.6) is 0 Å². The highest BCUT2D eigenvalue weighted by molar-refractivity contribution is 7.98. The number of thioether (sulfide) groups is 1. The molecular formula is C15H26N4OS. The molecule has 0 spiro atoms. The van der Waals surface area contributed by atoms with E-state index in [0.29, 0.717) is 0 Å². The summed E-state index contributed by atoms with van der Waals surface area (Å²) in [6, 6.07) is -0.234. The number of hydrogen-bond donors (Lipinski definition) is 1. The minimum atomic E-state index is -0.379. The predicted molar refractivity (Wildman–Crippen MR) is 87.3 cm³/mol. The first kappa shape index (κ1) is 16.4. The summed E-state index contributed by atoms with van der Waals surface area (Å²) in [4.78, 5) is 14.6. The summed E-state index contributed by atoms with van der Waals surface area (Å²) in [6.45, 7) is 4.91. The first-order valence-electron chi connectivity index (χ1n) is 7.52. The van der Waals surface area contributed by atoms with Crippen LogP contribution in [0.3, 0.4) is 0 Å². The first-order valence-corrected chi connectivity index (χ1v) is 8.91. The van der Waals surface area contributed by atoms with Crippen molar-refractivity contribution in [3.8, 4) is 0 Å². The van der Waals surface area contributed by atoms with E-state index in [1.54, 1.807) is 11.8 Å². The summed E-state index contributed by atoms with van der Waals surface area (Å²) in [6.07, 6.45) is 4.83. The Morgan fingerprint density at radius 1 is 1.52 bits per heavy atom. The van der Waals surface area contributed by atoms with Gasteiger partial charge >= 0.3 is 0 Å². The van der Waals surface area contributed by atoms with Crippen LogP contribution in [-0.4, -0.2) is 45.2 Å². The number of hydrogen-bond acceptors (Lipinski definition) is 4. The van der Waals surface area contributed by atoms with Gasteiger partial charge in [-0.1, -0.05) is 0 Å². The Balaban J connectivity index is 2.18. The van der Waals surface area contributed by atoms with E-state index in [0.717, 1.165) is 42.9 Å². The van der Waals surface area contributed by atoms with E-state index in [4.69, 9.17) is 5.73 Å². The second-order valence-electron chi connectivity index (χ2n) is 5.79. The van der Waals surface area contributed by atoms with Gasteiger partial charge in [-0.05, 0) is 45.1 Å². The lowest BCUT2D eigenvalue weighted by Gasteiger charge is -2.28. The average Bonchev–Trinajstić information content (AvgIpc) is 3.01. The standard InChI is InChI=1S/C15H26N4OS/c1-10-14(11(2)18(3)17-10)13-6-5-8-19(13)15(20)12(16)7-9-21-4/h12-13H,5-9,16H2,1-4H3/t12-,13+/m0/s1. The normalized spacial score (nSPS) is 20.0. The minimum Gasteiger partial charge on any atom is -0.334 e. The smallest absolute Gasteiger partial charge is 0.240 e. The van der Waals surface area contributed by atoms with Gasteiger partial charge in [0, 0.05) is 24.8 Å². The SMILES string of the molecule is CSCC[C@H](N)C(=O)N1CCC[C@@H]1c1c(C)nn(C)c1C. The molecule has 1 aliphatic rings. The zero-order valence-corrected chi connectivity index (χ0v) is 14.2. The summed E-state index contributed by atoms with van der Waals surface area (Å²) < 4.78 is 1.90. The predicted octanol–water partition coefficient (Wildman–Crippen LogP) is 1.78. The summed E-state index contributed by atoms with van der Waals surface area (Å²) in [7, 11) is 1.96. The van der Waals surface area contributed by atoms with Crippen molar-refractivity contribution in [1.82, 2.24) is 14.7 Å². The van der Waals surface area contributed by atoms with Crippen molar-refractivity contribution in [3.05, 3.63) is 17.0 Å². The number of nitrogens with zero attached hydrogens (tertiary/aromatic N) is 3. The van der Waals surface area contributed by atoms with E-state index in [9.17, 15) is 4.79 Å². The van der Waals surface area contributed by atoms with E-state index in [-0.39, 0.29) is 18.0 Å².